The largest absolute Gasteiger partial charge is 0.480 e. The van der Waals surface area contributed by atoms with Crippen molar-refractivity contribution in [2.24, 2.45) is 5.92 Å². The highest BCUT2D eigenvalue weighted by Crippen LogP contribution is 2.12. The van der Waals surface area contributed by atoms with Crippen molar-refractivity contribution in [3.63, 3.8) is 0 Å². The van der Waals surface area contributed by atoms with E-state index in [9.17, 15) is 23.9 Å². The molecule has 2 aromatic rings. The van der Waals surface area contributed by atoms with Gasteiger partial charge in [-0.25, -0.2) is 9.18 Å². The zero-order valence-electron chi connectivity index (χ0n) is 16.2. The van der Waals surface area contributed by atoms with Crippen LogP contribution in [0.3, 0.4) is 0 Å². The van der Waals surface area contributed by atoms with Crippen LogP contribution < -0.4 is 10.6 Å². The van der Waals surface area contributed by atoms with Crippen LogP contribution in [0.1, 0.15) is 36.2 Å². The monoisotopic (exact) mass is 398 g/mol. The van der Waals surface area contributed by atoms with Gasteiger partial charge in [-0.2, -0.15) is 0 Å². The van der Waals surface area contributed by atoms with Crippen molar-refractivity contribution in [3.8, 4) is 0 Å². The van der Waals surface area contributed by atoms with Crippen LogP contribution in [0, 0.1) is 11.7 Å². The summed E-state index contributed by atoms with van der Waals surface area (Å²) in [6.45, 7) is 3.66. The standard InChI is InChI=1S/C22H23FN2O4/c1-14(2)12-19(22(28)29)25-21(27)18(13-16-10-6-7-11-17(16)23)24-20(26)15-8-4-3-5-9-15/h3-11,13-14,19H,12H2,1-2H3,(H,24,26)(H,25,27)(H,28,29)/b18-13-/t19-/m1/s1. The first-order chi connectivity index (χ1) is 13.8. The van der Waals surface area contributed by atoms with Crippen molar-refractivity contribution >= 4 is 23.9 Å². The van der Waals surface area contributed by atoms with Crippen LogP contribution >= 0.6 is 0 Å². The molecular weight excluding hydrogens is 375 g/mol. The molecule has 2 aromatic carbocycles. The van der Waals surface area contributed by atoms with Gasteiger partial charge in [0.25, 0.3) is 11.8 Å². The third-order valence-corrected chi connectivity index (χ3v) is 4.04. The number of hydrogen-bond acceptors (Lipinski definition) is 3. The fourth-order valence-corrected chi connectivity index (χ4v) is 2.62. The third-order valence-electron chi connectivity index (χ3n) is 4.04. The van der Waals surface area contributed by atoms with Crippen molar-refractivity contribution in [2.75, 3.05) is 0 Å². The number of amides is 2. The number of hydrogen-bond donors (Lipinski definition) is 3. The molecule has 0 aliphatic carbocycles. The van der Waals surface area contributed by atoms with E-state index in [1.165, 1.54) is 24.3 Å². The Labute approximate surface area is 168 Å². The fraction of sp³-hybridized carbons (Fsp3) is 0.227. The summed E-state index contributed by atoms with van der Waals surface area (Å²) in [6.07, 6.45) is 1.39. The molecule has 0 aromatic heterocycles. The van der Waals surface area contributed by atoms with Crippen LogP contribution in [0.2, 0.25) is 0 Å². The van der Waals surface area contributed by atoms with E-state index in [2.05, 4.69) is 10.6 Å². The van der Waals surface area contributed by atoms with Crippen LogP contribution in [0.15, 0.2) is 60.3 Å². The van der Waals surface area contributed by atoms with Crippen molar-refractivity contribution in [1.29, 1.82) is 0 Å². The van der Waals surface area contributed by atoms with Crippen LogP contribution in [-0.4, -0.2) is 28.9 Å². The molecule has 2 rings (SSSR count). The number of halogens is 1. The Hall–Kier alpha value is -3.48. The lowest BCUT2D eigenvalue weighted by Gasteiger charge is -2.18. The van der Waals surface area contributed by atoms with E-state index in [0.29, 0.717) is 5.56 Å². The molecule has 0 fully saturated rings. The first-order valence-corrected chi connectivity index (χ1v) is 9.14. The molecule has 2 amide bonds. The maximum absolute atomic E-state index is 14.1. The van der Waals surface area contributed by atoms with Crippen molar-refractivity contribution in [1.82, 2.24) is 10.6 Å². The Balaban J connectivity index is 2.33. The first-order valence-electron chi connectivity index (χ1n) is 9.14. The number of carboxylic acids is 1. The Morgan fingerprint density at radius 3 is 2.24 bits per heavy atom. The van der Waals surface area contributed by atoms with Crippen molar-refractivity contribution in [3.05, 3.63) is 77.2 Å². The quantitative estimate of drug-likeness (QED) is 0.595. The molecule has 29 heavy (non-hydrogen) atoms. The number of carbonyl (C=O) groups is 3. The Morgan fingerprint density at radius 2 is 1.66 bits per heavy atom. The number of carboxylic acid groups (broad SMARTS) is 1. The minimum absolute atomic E-state index is 0.0225. The second kappa shape index (κ2) is 10.2. The highest BCUT2D eigenvalue weighted by Gasteiger charge is 2.24. The first kappa shape index (κ1) is 21.8. The molecule has 152 valence electrons. The molecule has 0 aliphatic heterocycles. The SMILES string of the molecule is CC(C)C[C@@H](NC(=O)/C(=C/c1ccccc1F)NC(=O)c1ccccc1)C(=O)O. The van der Waals surface area contributed by atoms with E-state index >= 15 is 0 Å². The molecule has 0 saturated carbocycles. The lowest BCUT2D eigenvalue weighted by Crippen LogP contribution is -2.45. The summed E-state index contributed by atoms with van der Waals surface area (Å²) in [5.41, 5.74) is 0.136. The molecule has 0 radical (unpaired) electrons. The average molecular weight is 398 g/mol. The van der Waals surface area contributed by atoms with Gasteiger partial charge in [-0.05, 0) is 36.6 Å². The van der Waals surface area contributed by atoms with Crippen molar-refractivity contribution < 1.29 is 23.9 Å². The van der Waals surface area contributed by atoms with Gasteiger partial charge >= 0.3 is 5.97 Å². The van der Waals surface area contributed by atoms with Gasteiger partial charge in [-0.1, -0.05) is 50.2 Å². The second-order valence-electron chi connectivity index (χ2n) is 6.89. The summed E-state index contributed by atoms with van der Waals surface area (Å²) in [5, 5.41) is 14.2. The summed E-state index contributed by atoms with van der Waals surface area (Å²) in [4.78, 5) is 36.7. The summed E-state index contributed by atoms with van der Waals surface area (Å²) < 4.78 is 14.1. The van der Waals surface area contributed by atoms with E-state index in [1.807, 2.05) is 13.8 Å². The van der Waals surface area contributed by atoms with Crippen LogP contribution in [0.25, 0.3) is 6.08 Å². The van der Waals surface area contributed by atoms with Gasteiger partial charge in [-0.15, -0.1) is 0 Å². The highest BCUT2D eigenvalue weighted by molar-refractivity contribution is 6.06. The molecule has 0 bridgehead atoms. The van der Waals surface area contributed by atoms with Gasteiger partial charge in [0.2, 0.25) is 0 Å². The normalized spacial score (nSPS) is 12.3. The summed E-state index contributed by atoms with van der Waals surface area (Å²) in [5.74, 6) is -3.13. The van der Waals surface area contributed by atoms with E-state index in [4.69, 9.17) is 0 Å². The highest BCUT2D eigenvalue weighted by atomic mass is 19.1. The average Bonchev–Trinajstić information content (AvgIpc) is 2.68. The molecule has 6 nitrogen and oxygen atoms in total. The Morgan fingerprint density at radius 1 is 1.03 bits per heavy atom. The maximum atomic E-state index is 14.1. The summed E-state index contributed by atoms with van der Waals surface area (Å²) >= 11 is 0. The van der Waals surface area contributed by atoms with Gasteiger partial charge in [0.1, 0.15) is 17.6 Å². The van der Waals surface area contributed by atoms with Gasteiger partial charge in [0.05, 0.1) is 0 Å². The number of nitrogens with one attached hydrogen (secondary N) is 2. The molecule has 3 N–H and O–H groups in total. The predicted molar refractivity (Wildman–Crippen MR) is 107 cm³/mol. The van der Waals surface area contributed by atoms with Gasteiger partial charge in [-0.3, -0.25) is 9.59 Å². The summed E-state index contributed by atoms with van der Waals surface area (Å²) in [7, 11) is 0. The zero-order chi connectivity index (χ0) is 21.4. The predicted octanol–water partition coefficient (Wildman–Crippen LogP) is 3.21. The van der Waals surface area contributed by atoms with Crippen molar-refractivity contribution in [2.45, 2.75) is 26.3 Å². The molecule has 1 atom stereocenters. The number of benzene rings is 2. The number of rotatable bonds is 8. The fourth-order valence-electron chi connectivity index (χ4n) is 2.62. The molecule has 7 heteroatoms. The minimum Gasteiger partial charge on any atom is -0.480 e. The molecule has 0 unspecified atom stereocenters. The Bertz CT molecular complexity index is 910. The van der Waals surface area contributed by atoms with E-state index < -0.39 is 29.6 Å². The minimum atomic E-state index is -1.19. The van der Waals surface area contributed by atoms with E-state index in [0.717, 1.165) is 0 Å². The second-order valence-corrected chi connectivity index (χ2v) is 6.89. The summed E-state index contributed by atoms with van der Waals surface area (Å²) in [6, 6.07) is 12.8. The maximum Gasteiger partial charge on any atom is 0.326 e. The Kier molecular flexibility index (Phi) is 7.65. The topological polar surface area (TPSA) is 95.5 Å². The number of aliphatic carboxylic acids is 1. The van der Waals surface area contributed by atoms with Crippen LogP contribution in [0.4, 0.5) is 4.39 Å². The lowest BCUT2D eigenvalue weighted by molar-refractivity contribution is -0.141. The van der Waals surface area contributed by atoms with Gasteiger partial charge in [0.15, 0.2) is 0 Å². The van der Waals surface area contributed by atoms with Gasteiger partial charge in [0, 0.05) is 11.1 Å². The third kappa shape index (κ3) is 6.57. The molecule has 0 aliphatic rings. The van der Waals surface area contributed by atoms with E-state index in [-0.39, 0.29) is 23.6 Å². The molecular formula is C22H23FN2O4. The zero-order valence-corrected chi connectivity index (χ0v) is 16.2. The molecule has 0 spiro atoms. The number of carbonyl (C=O) groups excluding carboxylic acids is 2. The van der Waals surface area contributed by atoms with E-state index in [1.54, 1.807) is 36.4 Å². The van der Waals surface area contributed by atoms with Gasteiger partial charge < -0.3 is 15.7 Å². The van der Waals surface area contributed by atoms with Crippen LogP contribution in [0.5, 0.6) is 0 Å². The smallest absolute Gasteiger partial charge is 0.326 e. The van der Waals surface area contributed by atoms with Crippen LogP contribution in [-0.2, 0) is 9.59 Å². The molecule has 0 saturated heterocycles. The molecule has 0 heterocycles. The lowest BCUT2D eigenvalue weighted by atomic mass is 10.0.